The van der Waals surface area contributed by atoms with E-state index in [1.165, 1.54) is 6.26 Å². The van der Waals surface area contributed by atoms with Crippen LogP contribution in [0.4, 0.5) is 8.78 Å². The normalized spacial score (nSPS) is 12.2. The molecular weight excluding hydrogens is 256 g/mol. The Hall–Kier alpha value is -2.21. The van der Waals surface area contributed by atoms with Crippen LogP contribution in [0.3, 0.4) is 0 Å². The molecule has 0 saturated carbocycles. The van der Waals surface area contributed by atoms with E-state index in [1.807, 2.05) is 0 Å². The van der Waals surface area contributed by atoms with Gasteiger partial charge in [0.15, 0.2) is 0 Å². The molecule has 1 atom stereocenters. The maximum Gasteiger partial charge on any atom is 0.254 e. The molecule has 4 nitrogen and oxygen atoms in total. The summed E-state index contributed by atoms with van der Waals surface area (Å²) >= 11 is 0. The number of aliphatic hydroxyl groups is 1. The van der Waals surface area contributed by atoms with Crippen LogP contribution in [0, 0.1) is 11.6 Å². The number of halogens is 2. The van der Waals surface area contributed by atoms with Crippen LogP contribution in [0.5, 0.6) is 0 Å². The van der Waals surface area contributed by atoms with Gasteiger partial charge in [0.05, 0.1) is 18.4 Å². The second-order valence-electron chi connectivity index (χ2n) is 3.87. The molecule has 2 aromatic rings. The van der Waals surface area contributed by atoms with Gasteiger partial charge in [0.1, 0.15) is 23.5 Å². The Kier molecular flexibility index (Phi) is 3.91. The third-order valence-corrected chi connectivity index (χ3v) is 2.50. The minimum Gasteiger partial charge on any atom is -0.467 e. The Morgan fingerprint density at radius 2 is 2.16 bits per heavy atom. The lowest BCUT2D eigenvalue weighted by Crippen LogP contribution is -2.29. The molecule has 1 amide bonds. The molecule has 0 saturated heterocycles. The van der Waals surface area contributed by atoms with Crippen molar-refractivity contribution in [3.05, 3.63) is 59.6 Å². The van der Waals surface area contributed by atoms with Gasteiger partial charge in [-0.15, -0.1) is 0 Å². The van der Waals surface area contributed by atoms with Gasteiger partial charge in [0, 0.05) is 0 Å². The van der Waals surface area contributed by atoms with Crippen LogP contribution in [0.15, 0.2) is 41.0 Å². The van der Waals surface area contributed by atoms with E-state index >= 15 is 0 Å². The third-order valence-electron chi connectivity index (χ3n) is 2.50. The van der Waals surface area contributed by atoms with Crippen LogP contribution in [-0.4, -0.2) is 17.6 Å². The van der Waals surface area contributed by atoms with Crippen LogP contribution in [-0.2, 0) is 0 Å². The van der Waals surface area contributed by atoms with Crippen LogP contribution < -0.4 is 5.32 Å². The Labute approximate surface area is 107 Å². The summed E-state index contributed by atoms with van der Waals surface area (Å²) in [6.07, 6.45) is 0.336. The van der Waals surface area contributed by atoms with Crippen molar-refractivity contribution in [2.45, 2.75) is 6.10 Å². The molecule has 0 aliphatic heterocycles. The fourth-order valence-electron chi connectivity index (χ4n) is 1.54. The monoisotopic (exact) mass is 267 g/mol. The number of carbonyl (C=O) groups excluding carboxylic acids is 1. The summed E-state index contributed by atoms with van der Waals surface area (Å²) in [7, 11) is 0. The second kappa shape index (κ2) is 5.62. The first-order chi connectivity index (χ1) is 9.08. The van der Waals surface area contributed by atoms with Crippen LogP contribution >= 0.6 is 0 Å². The zero-order valence-corrected chi connectivity index (χ0v) is 9.77. The molecule has 6 heteroatoms. The predicted molar refractivity (Wildman–Crippen MR) is 62.4 cm³/mol. The number of hydrogen-bond acceptors (Lipinski definition) is 3. The average Bonchev–Trinajstić information content (AvgIpc) is 2.92. The fraction of sp³-hybridized carbons (Fsp3) is 0.154. The van der Waals surface area contributed by atoms with E-state index in [4.69, 9.17) is 4.42 Å². The van der Waals surface area contributed by atoms with E-state index < -0.39 is 29.2 Å². The summed E-state index contributed by atoms with van der Waals surface area (Å²) < 4.78 is 31.2. The van der Waals surface area contributed by atoms with Gasteiger partial charge in [-0.2, -0.15) is 0 Å². The molecule has 1 unspecified atom stereocenters. The molecule has 1 heterocycles. The summed E-state index contributed by atoms with van der Waals surface area (Å²) in [6.45, 7) is -0.164. The Balaban J connectivity index is 2.00. The van der Waals surface area contributed by atoms with E-state index in [1.54, 1.807) is 12.1 Å². The zero-order valence-electron chi connectivity index (χ0n) is 9.77. The maximum atomic E-state index is 13.3. The standard InChI is InChI=1S/C13H11F2NO3/c14-8-3-4-10(15)9(6-8)13(18)16-7-11(17)12-2-1-5-19-12/h1-6,11,17H,7H2,(H,16,18). The third kappa shape index (κ3) is 3.17. The molecule has 100 valence electrons. The van der Waals surface area contributed by atoms with Crippen molar-refractivity contribution in [3.8, 4) is 0 Å². The molecule has 19 heavy (non-hydrogen) atoms. The Morgan fingerprint density at radius 1 is 1.37 bits per heavy atom. The van der Waals surface area contributed by atoms with Gasteiger partial charge in [-0.25, -0.2) is 8.78 Å². The van der Waals surface area contributed by atoms with Gasteiger partial charge >= 0.3 is 0 Å². The Morgan fingerprint density at radius 3 is 2.84 bits per heavy atom. The van der Waals surface area contributed by atoms with Crippen molar-refractivity contribution in [2.75, 3.05) is 6.54 Å². The predicted octanol–water partition coefficient (Wildman–Crippen LogP) is 2.02. The molecule has 0 aliphatic carbocycles. The number of nitrogens with one attached hydrogen (secondary N) is 1. The first-order valence-electron chi connectivity index (χ1n) is 5.52. The SMILES string of the molecule is O=C(NCC(O)c1ccco1)c1cc(F)ccc1F. The highest BCUT2D eigenvalue weighted by atomic mass is 19.1. The summed E-state index contributed by atoms with van der Waals surface area (Å²) in [5, 5.41) is 12.0. The van der Waals surface area contributed by atoms with Crippen molar-refractivity contribution < 1.29 is 23.1 Å². The van der Waals surface area contributed by atoms with E-state index in [-0.39, 0.29) is 12.3 Å². The van der Waals surface area contributed by atoms with Crippen LogP contribution in [0.2, 0.25) is 0 Å². The molecule has 2 N–H and O–H groups in total. The van der Waals surface area contributed by atoms with Crippen molar-refractivity contribution in [1.82, 2.24) is 5.32 Å². The van der Waals surface area contributed by atoms with Crippen molar-refractivity contribution in [1.29, 1.82) is 0 Å². The molecule has 0 bridgehead atoms. The number of amides is 1. The average molecular weight is 267 g/mol. The summed E-state index contributed by atoms with van der Waals surface area (Å²) in [5.74, 6) is -2.06. The minimum absolute atomic E-state index is 0.164. The van der Waals surface area contributed by atoms with Gasteiger partial charge in [-0.05, 0) is 30.3 Å². The quantitative estimate of drug-likeness (QED) is 0.890. The minimum atomic E-state index is -1.05. The number of hydrogen-bond donors (Lipinski definition) is 2. The highest BCUT2D eigenvalue weighted by Crippen LogP contribution is 2.13. The smallest absolute Gasteiger partial charge is 0.254 e. The lowest BCUT2D eigenvalue weighted by Gasteiger charge is -2.10. The second-order valence-corrected chi connectivity index (χ2v) is 3.87. The number of rotatable bonds is 4. The van der Waals surface area contributed by atoms with Crippen LogP contribution in [0.1, 0.15) is 22.2 Å². The molecule has 1 aromatic carbocycles. The van der Waals surface area contributed by atoms with Gasteiger partial charge < -0.3 is 14.8 Å². The number of benzene rings is 1. The van der Waals surface area contributed by atoms with Crippen molar-refractivity contribution in [2.24, 2.45) is 0 Å². The first kappa shape index (κ1) is 13.2. The largest absolute Gasteiger partial charge is 0.467 e. The summed E-state index contributed by atoms with van der Waals surface area (Å²) in [6, 6.07) is 5.72. The van der Waals surface area contributed by atoms with Gasteiger partial charge in [-0.3, -0.25) is 4.79 Å². The van der Waals surface area contributed by atoms with E-state index in [2.05, 4.69) is 5.32 Å². The molecule has 0 aliphatic rings. The highest BCUT2D eigenvalue weighted by Gasteiger charge is 2.16. The van der Waals surface area contributed by atoms with E-state index in [0.717, 1.165) is 18.2 Å². The van der Waals surface area contributed by atoms with Crippen molar-refractivity contribution >= 4 is 5.91 Å². The number of aliphatic hydroxyl groups excluding tert-OH is 1. The number of furan rings is 1. The van der Waals surface area contributed by atoms with Crippen molar-refractivity contribution in [3.63, 3.8) is 0 Å². The highest BCUT2D eigenvalue weighted by molar-refractivity contribution is 5.94. The molecular formula is C13H11F2NO3. The number of carbonyl (C=O) groups is 1. The lowest BCUT2D eigenvalue weighted by atomic mass is 10.2. The van der Waals surface area contributed by atoms with E-state index in [0.29, 0.717) is 0 Å². The topological polar surface area (TPSA) is 62.5 Å². The van der Waals surface area contributed by atoms with Gasteiger partial charge in [0.25, 0.3) is 5.91 Å². The Bertz CT molecular complexity index is 569. The van der Waals surface area contributed by atoms with Crippen LogP contribution in [0.25, 0.3) is 0 Å². The molecule has 0 radical (unpaired) electrons. The lowest BCUT2D eigenvalue weighted by molar-refractivity contribution is 0.0896. The molecule has 2 rings (SSSR count). The summed E-state index contributed by atoms with van der Waals surface area (Å²) in [4.78, 5) is 11.6. The zero-order chi connectivity index (χ0) is 13.8. The molecule has 1 aromatic heterocycles. The fourth-order valence-corrected chi connectivity index (χ4v) is 1.54. The van der Waals surface area contributed by atoms with E-state index in [9.17, 15) is 18.7 Å². The maximum absolute atomic E-state index is 13.3. The van der Waals surface area contributed by atoms with Gasteiger partial charge in [-0.1, -0.05) is 0 Å². The molecule has 0 fully saturated rings. The summed E-state index contributed by atoms with van der Waals surface area (Å²) in [5.41, 5.74) is -0.411. The molecule has 0 spiro atoms. The first-order valence-corrected chi connectivity index (χ1v) is 5.52. The van der Waals surface area contributed by atoms with Gasteiger partial charge in [0.2, 0.25) is 0 Å².